The van der Waals surface area contributed by atoms with E-state index in [1.807, 2.05) is 0 Å². The van der Waals surface area contributed by atoms with Crippen LogP contribution in [-0.4, -0.2) is 22.6 Å². The van der Waals surface area contributed by atoms with Gasteiger partial charge < -0.3 is 18.6 Å². The van der Waals surface area contributed by atoms with Crippen LogP contribution in [0.2, 0.25) is 0 Å². The van der Waals surface area contributed by atoms with E-state index in [1.165, 1.54) is 121 Å². The molecule has 4 aliphatic heterocycles. The second-order valence-corrected chi connectivity index (χ2v) is 23.3. The Hall–Kier alpha value is -7.69. The van der Waals surface area contributed by atoms with Crippen molar-refractivity contribution in [3.8, 4) is 56.6 Å². The Bertz CT molecular complexity index is 4010. The van der Waals surface area contributed by atoms with Crippen molar-refractivity contribution in [2.24, 2.45) is 0 Å². The van der Waals surface area contributed by atoms with Crippen LogP contribution in [0, 0.1) is 13.8 Å². The molecule has 0 aliphatic carbocycles. The highest BCUT2D eigenvalue weighted by Gasteiger charge is 2.51. The van der Waals surface area contributed by atoms with Gasteiger partial charge in [0.25, 0.3) is 13.4 Å². The summed E-state index contributed by atoms with van der Waals surface area (Å²) in [6.45, 7) is 22.6. The van der Waals surface area contributed by atoms with Crippen LogP contribution in [0.3, 0.4) is 0 Å². The standard InChI is InChI=1S/C68H58B2N2O2/c1-35(2)43-21-25-57-49(27-43)51-29-47(37(5)6)31-55-63(51)71(57)65-61-68(74-59-33-45(19-23-53(59)69(55)61)41-15-11-39(9)12-16-41)66-62-67(65)73-60-34-46(42-17-13-40(10)14-18-42)20-24-54(60)70(62)56-32-48(38(7)8)30-52-50-28-44(36(3)4)22-26-58(50)72(66)64(52)56/h11-38H,1-10H3. The van der Waals surface area contributed by atoms with Gasteiger partial charge in [-0.05, 0) is 152 Å². The molecule has 15 rings (SSSR count). The minimum atomic E-state index is -0.142. The molecule has 74 heavy (non-hydrogen) atoms. The molecule has 358 valence electrons. The van der Waals surface area contributed by atoms with Gasteiger partial charge in [0, 0.05) is 43.5 Å². The Morgan fingerprint density at radius 2 is 0.716 bits per heavy atom. The van der Waals surface area contributed by atoms with Gasteiger partial charge in [-0.15, -0.1) is 0 Å². The fraction of sp³-hybridized carbons (Fsp3) is 0.206. The van der Waals surface area contributed by atoms with E-state index in [-0.39, 0.29) is 13.4 Å². The molecule has 4 aliphatic rings. The molecule has 0 spiro atoms. The minimum absolute atomic E-state index is 0.142. The van der Waals surface area contributed by atoms with Crippen LogP contribution in [0.1, 0.15) is 112 Å². The molecule has 0 fully saturated rings. The predicted molar refractivity (Wildman–Crippen MR) is 314 cm³/mol. The highest BCUT2D eigenvalue weighted by molar-refractivity contribution is 7.02. The lowest BCUT2D eigenvalue weighted by Crippen LogP contribution is -2.63. The zero-order valence-electron chi connectivity index (χ0n) is 44.0. The molecule has 0 radical (unpaired) electrons. The molecular weight excluding hydrogens is 898 g/mol. The van der Waals surface area contributed by atoms with Crippen LogP contribution in [0.25, 0.3) is 77.2 Å². The number of rotatable bonds is 6. The number of fused-ring (bicyclic) bond motifs is 16. The molecular formula is C68H58B2N2O2. The summed E-state index contributed by atoms with van der Waals surface area (Å²) in [7, 11) is 0. The second-order valence-electron chi connectivity index (χ2n) is 23.3. The maximum absolute atomic E-state index is 7.88. The molecule has 0 N–H and O–H groups in total. The maximum Gasteiger partial charge on any atom is 0.256 e. The normalized spacial score (nSPS) is 13.6. The summed E-state index contributed by atoms with van der Waals surface area (Å²) in [6.07, 6.45) is 0. The van der Waals surface area contributed by atoms with Gasteiger partial charge in [-0.2, -0.15) is 0 Å². The van der Waals surface area contributed by atoms with E-state index in [9.17, 15) is 0 Å². The van der Waals surface area contributed by atoms with Crippen molar-refractivity contribution < 1.29 is 9.47 Å². The summed E-state index contributed by atoms with van der Waals surface area (Å²) in [5.74, 6) is 5.06. The number of aromatic nitrogens is 2. The van der Waals surface area contributed by atoms with Gasteiger partial charge in [0.1, 0.15) is 23.0 Å². The zero-order chi connectivity index (χ0) is 50.3. The third-order valence-corrected chi connectivity index (χ3v) is 17.5. The molecule has 11 aromatic rings. The number of ether oxygens (including phenoxy) is 2. The second kappa shape index (κ2) is 15.4. The van der Waals surface area contributed by atoms with E-state index in [2.05, 4.69) is 224 Å². The van der Waals surface area contributed by atoms with Crippen molar-refractivity contribution >= 4 is 89.8 Å². The van der Waals surface area contributed by atoms with Crippen molar-refractivity contribution in [2.75, 3.05) is 0 Å². The summed E-state index contributed by atoms with van der Waals surface area (Å²) in [5.41, 5.74) is 26.9. The Balaban J connectivity index is 1.15. The lowest BCUT2D eigenvalue weighted by Gasteiger charge is -2.41. The van der Waals surface area contributed by atoms with Crippen LogP contribution in [-0.2, 0) is 0 Å². The first-order valence-electron chi connectivity index (χ1n) is 27.1. The van der Waals surface area contributed by atoms with E-state index in [1.54, 1.807) is 0 Å². The Kier molecular flexibility index (Phi) is 9.14. The van der Waals surface area contributed by atoms with Gasteiger partial charge in [0.05, 0.1) is 22.4 Å². The van der Waals surface area contributed by atoms with Gasteiger partial charge >= 0.3 is 0 Å². The van der Waals surface area contributed by atoms with Gasteiger partial charge in [0.2, 0.25) is 0 Å². The zero-order valence-corrected chi connectivity index (χ0v) is 44.0. The van der Waals surface area contributed by atoms with Crippen molar-refractivity contribution in [1.29, 1.82) is 0 Å². The Morgan fingerprint density at radius 3 is 1.09 bits per heavy atom. The van der Waals surface area contributed by atoms with Crippen molar-refractivity contribution in [1.82, 2.24) is 9.13 Å². The molecule has 0 atom stereocenters. The van der Waals surface area contributed by atoms with Crippen molar-refractivity contribution in [3.63, 3.8) is 0 Å². The first-order chi connectivity index (χ1) is 35.8. The molecule has 6 heteroatoms. The summed E-state index contributed by atoms with van der Waals surface area (Å²) in [4.78, 5) is 0. The molecule has 0 saturated carbocycles. The number of hydrogen-bond acceptors (Lipinski definition) is 2. The van der Waals surface area contributed by atoms with Crippen molar-refractivity contribution in [2.45, 2.75) is 92.9 Å². The molecule has 0 saturated heterocycles. The third kappa shape index (κ3) is 5.94. The monoisotopic (exact) mass is 956 g/mol. The Morgan fingerprint density at radius 1 is 0.351 bits per heavy atom. The van der Waals surface area contributed by atoms with E-state index >= 15 is 0 Å². The van der Waals surface area contributed by atoms with Crippen molar-refractivity contribution in [3.05, 3.63) is 179 Å². The minimum Gasteiger partial charge on any atom is -0.456 e. The lowest BCUT2D eigenvalue weighted by atomic mass is 9.31. The summed E-state index contributed by atoms with van der Waals surface area (Å²) < 4.78 is 21.0. The van der Waals surface area contributed by atoms with Gasteiger partial charge in [-0.1, -0.05) is 164 Å². The summed E-state index contributed by atoms with van der Waals surface area (Å²) >= 11 is 0. The van der Waals surface area contributed by atoms with Gasteiger partial charge in [-0.3, -0.25) is 0 Å². The van der Waals surface area contributed by atoms with Crippen LogP contribution >= 0.6 is 0 Å². The maximum atomic E-state index is 7.88. The number of nitrogens with zero attached hydrogens (tertiary/aromatic N) is 2. The fourth-order valence-electron chi connectivity index (χ4n) is 13.4. The molecule has 2 aromatic heterocycles. The first-order valence-corrected chi connectivity index (χ1v) is 27.1. The summed E-state index contributed by atoms with van der Waals surface area (Å²) in [6, 6.07) is 56.3. The average molecular weight is 957 g/mol. The number of hydrogen-bond donors (Lipinski definition) is 0. The summed E-state index contributed by atoms with van der Waals surface area (Å²) in [5, 5.41) is 5.16. The molecule has 0 unspecified atom stereocenters. The lowest BCUT2D eigenvalue weighted by molar-refractivity contribution is 0.472. The third-order valence-electron chi connectivity index (χ3n) is 17.5. The van der Waals surface area contributed by atoms with Crippen LogP contribution < -0.4 is 42.3 Å². The fourth-order valence-corrected chi connectivity index (χ4v) is 13.4. The number of benzene rings is 9. The van der Waals surface area contributed by atoms with Gasteiger partial charge in [0.15, 0.2) is 0 Å². The van der Waals surface area contributed by atoms with Gasteiger partial charge in [-0.25, -0.2) is 0 Å². The average Bonchev–Trinajstić information content (AvgIpc) is 4.11. The highest BCUT2D eigenvalue weighted by Crippen LogP contribution is 2.50. The quantitative estimate of drug-likeness (QED) is 0.155. The predicted octanol–water partition coefficient (Wildman–Crippen LogP) is 14.2. The van der Waals surface area contributed by atoms with Crippen LogP contribution in [0.15, 0.2) is 146 Å². The molecule has 0 amide bonds. The van der Waals surface area contributed by atoms with E-state index in [0.717, 1.165) is 45.5 Å². The van der Waals surface area contributed by atoms with Crippen LogP contribution in [0.4, 0.5) is 0 Å². The molecule has 9 aromatic carbocycles. The first kappa shape index (κ1) is 43.9. The highest BCUT2D eigenvalue weighted by atomic mass is 16.5. The largest absolute Gasteiger partial charge is 0.456 e. The molecule has 4 nitrogen and oxygen atoms in total. The SMILES string of the molecule is Cc1ccc(-c2ccc3c(c2)Oc2c4c(c5c6c2-n2c7ccc(C(C)C)cc7c7cc(C(C)C)cc(c72)B6c2ccc(-c6ccc(C)cc6)cc2O5)-n2c5ccc(C(C)C)cc5c5cc(C(C)C)cc(c52)B34)cc1. The Labute approximate surface area is 434 Å². The molecule has 0 bridgehead atoms. The smallest absolute Gasteiger partial charge is 0.256 e. The topological polar surface area (TPSA) is 28.3 Å². The number of aryl methyl sites for hydroxylation is 2. The van der Waals surface area contributed by atoms with Crippen LogP contribution in [0.5, 0.6) is 23.0 Å². The van der Waals surface area contributed by atoms with E-state index in [0.29, 0.717) is 23.7 Å². The molecule has 6 heterocycles. The van der Waals surface area contributed by atoms with E-state index in [4.69, 9.17) is 9.47 Å². The van der Waals surface area contributed by atoms with E-state index < -0.39 is 0 Å².